The van der Waals surface area contributed by atoms with Gasteiger partial charge in [0.1, 0.15) is 6.54 Å². The van der Waals surface area contributed by atoms with E-state index in [1.54, 1.807) is 12.1 Å². The highest BCUT2D eigenvalue weighted by atomic mass is 32.1. The summed E-state index contributed by atoms with van der Waals surface area (Å²) >= 11 is 3.81. The smallest absolute Gasteiger partial charge is 0.322 e. The number of hydrogen-bond donors (Lipinski definition) is 5. The lowest BCUT2D eigenvalue weighted by atomic mass is 10.2. The normalized spacial score (nSPS) is 9.10. The highest BCUT2D eigenvalue weighted by Gasteiger charge is 2.08. The van der Waals surface area contributed by atoms with Crippen LogP contribution in [0.3, 0.4) is 0 Å². The van der Waals surface area contributed by atoms with Crippen LogP contribution in [0.4, 0.5) is 5.69 Å². The fraction of sp³-hybridized carbons (Fsp3) is 0.308. The van der Waals surface area contributed by atoms with E-state index in [0.29, 0.717) is 5.69 Å². The summed E-state index contributed by atoms with van der Waals surface area (Å²) in [4.78, 5) is 33.0. The average molecular weight is 313 g/mol. The minimum atomic E-state index is -1.12. The summed E-state index contributed by atoms with van der Waals surface area (Å²) in [5.41, 5.74) is 5.57. The van der Waals surface area contributed by atoms with Crippen molar-refractivity contribution in [3.63, 3.8) is 0 Å². The first kappa shape index (κ1) is 18.9. The van der Waals surface area contributed by atoms with Crippen molar-refractivity contribution < 1.29 is 19.5 Å². The Kier molecular flexibility index (Phi) is 9.65. The van der Waals surface area contributed by atoms with Crippen molar-refractivity contribution in [1.29, 1.82) is 0 Å². The second-order valence-electron chi connectivity index (χ2n) is 3.77. The summed E-state index contributed by atoms with van der Waals surface area (Å²) in [6, 6.07) is 6.19. The number of benzene rings is 1. The molecule has 0 aliphatic carbocycles. The number of nitrogens with two attached hydrogens (primary N) is 1. The lowest BCUT2D eigenvalue weighted by molar-refractivity contribution is -0.135. The van der Waals surface area contributed by atoms with E-state index in [2.05, 4.69) is 23.3 Å². The van der Waals surface area contributed by atoms with Crippen LogP contribution in [0.5, 0.6) is 0 Å². The van der Waals surface area contributed by atoms with Crippen molar-refractivity contribution in [3.05, 3.63) is 29.8 Å². The zero-order valence-corrected chi connectivity index (χ0v) is 12.5. The first-order valence-electron chi connectivity index (χ1n) is 6.15. The molecule has 7 nitrogen and oxygen atoms in total. The maximum atomic E-state index is 11.6. The number of carboxylic acid groups (broad SMARTS) is 1. The molecule has 0 aliphatic rings. The minimum absolute atomic E-state index is 0.0371. The van der Waals surface area contributed by atoms with Gasteiger partial charge in [-0.05, 0) is 24.7 Å². The molecule has 0 unspecified atom stereocenters. The van der Waals surface area contributed by atoms with Gasteiger partial charge < -0.3 is 21.5 Å². The molecule has 0 aliphatic heterocycles. The third-order valence-corrected chi connectivity index (χ3v) is 2.24. The highest BCUT2D eigenvalue weighted by molar-refractivity contribution is 7.81. The van der Waals surface area contributed by atoms with E-state index >= 15 is 0 Å². The van der Waals surface area contributed by atoms with Crippen molar-refractivity contribution in [1.82, 2.24) is 5.32 Å². The second-order valence-corrected chi connectivity index (χ2v) is 4.09. The van der Waals surface area contributed by atoms with Gasteiger partial charge >= 0.3 is 5.97 Å². The Balaban J connectivity index is 0.00000122. The standard InChI is InChI=1S/C11H12N2O4S.C2H7N/c14-9(6-18)13-8-3-1-2-7(4-8)11(17)12-5-10(15)16;1-2-3/h1-4,18H,5-6H2,(H,12,17)(H,13,14)(H,15,16);2-3H2,1H3. The first-order valence-corrected chi connectivity index (χ1v) is 6.78. The van der Waals surface area contributed by atoms with Crippen molar-refractivity contribution in [3.8, 4) is 0 Å². The maximum Gasteiger partial charge on any atom is 0.322 e. The number of thiol groups is 1. The molecule has 0 heterocycles. The Hall–Kier alpha value is -2.06. The molecule has 1 rings (SSSR count). The average Bonchev–Trinajstić information content (AvgIpc) is 2.45. The number of carbonyl (C=O) groups excluding carboxylic acids is 2. The monoisotopic (exact) mass is 313 g/mol. The van der Waals surface area contributed by atoms with E-state index in [9.17, 15) is 14.4 Å². The van der Waals surface area contributed by atoms with Gasteiger partial charge in [0.2, 0.25) is 5.91 Å². The van der Waals surface area contributed by atoms with E-state index in [-0.39, 0.29) is 17.2 Å². The summed E-state index contributed by atoms with van der Waals surface area (Å²) in [7, 11) is 0. The van der Waals surface area contributed by atoms with Crippen LogP contribution in [0.1, 0.15) is 17.3 Å². The Morgan fingerprint density at radius 3 is 2.48 bits per heavy atom. The molecule has 5 N–H and O–H groups in total. The van der Waals surface area contributed by atoms with Crippen LogP contribution in [0.2, 0.25) is 0 Å². The largest absolute Gasteiger partial charge is 0.480 e. The predicted octanol–water partition coefficient (Wildman–Crippen LogP) is 0.334. The number of nitrogens with one attached hydrogen (secondary N) is 2. The van der Waals surface area contributed by atoms with Crippen molar-refractivity contribution in [2.45, 2.75) is 6.92 Å². The number of carbonyl (C=O) groups is 3. The molecule has 8 heteroatoms. The number of amides is 2. The molecule has 0 fully saturated rings. The lowest BCUT2D eigenvalue weighted by Crippen LogP contribution is -2.29. The molecule has 0 aromatic heterocycles. The third kappa shape index (κ3) is 8.66. The van der Waals surface area contributed by atoms with Gasteiger partial charge in [0, 0.05) is 11.3 Å². The molecule has 0 spiro atoms. The number of rotatable bonds is 5. The molecule has 21 heavy (non-hydrogen) atoms. The summed E-state index contributed by atoms with van der Waals surface area (Å²) in [6.07, 6.45) is 0. The molecule has 1 aromatic rings. The quantitative estimate of drug-likeness (QED) is 0.502. The van der Waals surface area contributed by atoms with Crippen LogP contribution >= 0.6 is 12.6 Å². The summed E-state index contributed by atoms with van der Waals surface area (Å²) in [5.74, 6) is -1.89. The van der Waals surface area contributed by atoms with Gasteiger partial charge in [-0.3, -0.25) is 14.4 Å². The molecule has 0 saturated heterocycles. The van der Waals surface area contributed by atoms with Crippen LogP contribution in [0.15, 0.2) is 24.3 Å². The number of carboxylic acids is 1. The number of hydrogen-bond acceptors (Lipinski definition) is 5. The van der Waals surface area contributed by atoms with Crippen LogP contribution < -0.4 is 16.4 Å². The van der Waals surface area contributed by atoms with Crippen LogP contribution in [0, 0.1) is 0 Å². The molecular weight excluding hydrogens is 294 g/mol. The maximum absolute atomic E-state index is 11.6. The van der Waals surface area contributed by atoms with E-state index < -0.39 is 18.4 Å². The molecule has 116 valence electrons. The van der Waals surface area contributed by atoms with E-state index in [0.717, 1.165) is 6.54 Å². The first-order chi connectivity index (χ1) is 9.94. The Labute approximate surface area is 128 Å². The lowest BCUT2D eigenvalue weighted by Gasteiger charge is -2.06. The van der Waals surface area contributed by atoms with Gasteiger partial charge in [-0.15, -0.1) is 0 Å². The Bertz CT molecular complexity index is 494. The van der Waals surface area contributed by atoms with Gasteiger partial charge in [0.15, 0.2) is 0 Å². The summed E-state index contributed by atoms with van der Waals surface area (Å²) in [6.45, 7) is 2.20. The highest BCUT2D eigenvalue weighted by Crippen LogP contribution is 2.10. The molecule has 0 radical (unpaired) electrons. The fourth-order valence-electron chi connectivity index (χ4n) is 1.20. The molecule has 1 aromatic carbocycles. The van der Waals surface area contributed by atoms with E-state index in [1.807, 2.05) is 6.92 Å². The molecular formula is C13H19N3O4S. The third-order valence-electron chi connectivity index (χ3n) is 1.95. The topological polar surface area (TPSA) is 122 Å². The van der Waals surface area contributed by atoms with E-state index in [1.165, 1.54) is 12.1 Å². The fourth-order valence-corrected chi connectivity index (χ4v) is 1.28. The van der Waals surface area contributed by atoms with Crippen molar-refractivity contribution in [2.24, 2.45) is 5.73 Å². The molecule has 0 bridgehead atoms. The van der Waals surface area contributed by atoms with Gasteiger partial charge in [-0.2, -0.15) is 12.6 Å². The number of aliphatic carboxylic acids is 1. The second kappa shape index (κ2) is 10.7. The molecule has 0 atom stereocenters. The summed E-state index contributed by atoms with van der Waals surface area (Å²) < 4.78 is 0. The van der Waals surface area contributed by atoms with Crippen LogP contribution in [-0.4, -0.2) is 41.7 Å². The Morgan fingerprint density at radius 1 is 1.33 bits per heavy atom. The van der Waals surface area contributed by atoms with Crippen LogP contribution in [-0.2, 0) is 9.59 Å². The minimum Gasteiger partial charge on any atom is -0.480 e. The van der Waals surface area contributed by atoms with Gasteiger partial charge in [-0.25, -0.2) is 0 Å². The van der Waals surface area contributed by atoms with Gasteiger partial charge in [0.05, 0.1) is 5.75 Å². The van der Waals surface area contributed by atoms with Crippen LogP contribution in [0.25, 0.3) is 0 Å². The van der Waals surface area contributed by atoms with Gasteiger partial charge in [0.25, 0.3) is 5.91 Å². The van der Waals surface area contributed by atoms with Gasteiger partial charge in [-0.1, -0.05) is 13.0 Å². The van der Waals surface area contributed by atoms with Crippen molar-refractivity contribution in [2.75, 3.05) is 24.2 Å². The number of anilines is 1. The Morgan fingerprint density at radius 2 is 1.95 bits per heavy atom. The summed E-state index contributed by atoms with van der Waals surface area (Å²) in [5, 5.41) is 13.2. The zero-order valence-electron chi connectivity index (χ0n) is 11.6. The molecule has 2 amide bonds. The predicted molar refractivity (Wildman–Crippen MR) is 83.6 cm³/mol. The van der Waals surface area contributed by atoms with Crippen molar-refractivity contribution >= 4 is 36.1 Å². The zero-order chi connectivity index (χ0) is 16.3. The SMILES string of the molecule is CCN.O=C(O)CNC(=O)c1cccc(NC(=O)CS)c1. The molecule has 0 saturated carbocycles. The van der Waals surface area contributed by atoms with E-state index in [4.69, 9.17) is 10.8 Å².